The van der Waals surface area contributed by atoms with E-state index in [1.807, 2.05) is 24.4 Å². The van der Waals surface area contributed by atoms with Crippen LogP contribution in [0.15, 0.2) is 43.1 Å². The SMILES string of the molecule is N#Cc1cncnc1-c1cnn2ccccc12. The van der Waals surface area contributed by atoms with Crippen LogP contribution in [-0.4, -0.2) is 19.6 Å². The standard InChI is InChI=1S/C12H7N5/c13-5-9-6-14-8-15-12(9)10-7-16-17-4-2-1-3-11(10)17/h1-4,6-8H. The number of hydrogen-bond acceptors (Lipinski definition) is 4. The summed E-state index contributed by atoms with van der Waals surface area (Å²) in [5, 5.41) is 13.2. The lowest BCUT2D eigenvalue weighted by molar-refractivity contribution is 0.961. The van der Waals surface area contributed by atoms with Crippen molar-refractivity contribution in [2.45, 2.75) is 0 Å². The van der Waals surface area contributed by atoms with Crippen LogP contribution in [0.5, 0.6) is 0 Å². The minimum Gasteiger partial charge on any atom is -0.243 e. The molecular weight excluding hydrogens is 214 g/mol. The fraction of sp³-hybridized carbons (Fsp3) is 0. The molecule has 0 aromatic carbocycles. The normalized spacial score (nSPS) is 10.3. The Morgan fingerprint density at radius 1 is 1.24 bits per heavy atom. The third-order valence-electron chi connectivity index (χ3n) is 2.51. The number of nitriles is 1. The van der Waals surface area contributed by atoms with Crippen LogP contribution >= 0.6 is 0 Å². The smallest absolute Gasteiger partial charge is 0.116 e. The van der Waals surface area contributed by atoms with Gasteiger partial charge in [-0.2, -0.15) is 10.4 Å². The minimum atomic E-state index is 0.450. The van der Waals surface area contributed by atoms with Gasteiger partial charge in [0.15, 0.2) is 0 Å². The van der Waals surface area contributed by atoms with E-state index in [2.05, 4.69) is 21.1 Å². The van der Waals surface area contributed by atoms with Crippen LogP contribution in [0.25, 0.3) is 16.8 Å². The van der Waals surface area contributed by atoms with Gasteiger partial charge in [0, 0.05) is 18.0 Å². The molecule has 80 valence electrons. The highest BCUT2D eigenvalue weighted by molar-refractivity contribution is 5.80. The molecule has 5 heteroatoms. The summed E-state index contributed by atoms with van der Waals surface area (Å²) in [6.07, 6.45) is 6.50. The van der Waals surface area contributed by atoms with Crippen molar-refractivity contribution in [1.29, 1.82) is 5.26 Å². The highest BCUT2D eigenvalue weighted by atomic mass is 15.2. The van der Waals surface area contributed by atoms with Crippen LogP contribution in [0.1, 0.15) is 5.56 Å². The molecule has 3 aromatic heterocycles. The lowest BCUT2D eigenvalue weighted by atomic mass is 10.1. The van der Waals surface area contributed by atoms with E-state index in [4.69, 9.17) is 5.26 Å². The third kappa shape index (κ3) is 1.43. The molecule has 3 aromatic rings. The first-order valence-corrected chi connectivity index (χ1v) is 5.03. The van der Waals surface area contributed by atoms with E-state index in [1.54, 1.807) is 10.7 Å². The molecule has 0 radical (unpaired) electrons. The fourth-order valence-electron chi connectivity index (χ4n) is 1.74. The van der Waals surface area contributed by atoms with Gasteiger partial charge in [0.25, 0.3) is 0 Å². The molecule has 0 N–H and O–H groups in total. The first-order valence-electron chi connectivity index (χ1n) is 5.03. The molecule has 0 aliphatic rings. The Kier molecular flexibility index (Phi) is 2.06. The molecule has 0 unspecified atom stereocenters. The second kappa shape index (κ2) is 3.68. The van der Waals surface area contributed by atoms with Crippen LogP contribution in [-0.2, 0) is 0 Å². The van der Waals surface area contributed by atoms with E-state index in [0.29, 0.717) is 11.3 Å². The predicted octanol–water partition coefficient (Wildman–Crippen LogP) is 1.66. The van der Waals surface area contributed by atoms with E-state index in [0.717, 1.165) is 11.1 Å². The number of nitrogens with zero attached hydrogens (tertiary/aromatic N) is 5. The van der Waals surface area contributed by atoms with Crippen molar-refractivity contribution in [3.05, 3.63) is 48.7 Å². The first-order chi connectivity index (χ1) is 8.40. The van der Waals surface area contributed by atoms with Crippen molar-refractivity contribution in [2.75, 3.05) is 0 Å². The maximum atomic E-state index is 9.03. The van der Waals surface area contributed by atoms with E-state index < -0.39 is 0 Å². The summed E-state index contributed by atoms with van der Waals surface area (Å²) in [4.78, 5) is 8.00. The quantitative estimate of drug-likeness (QED) is 0.626. The zero-order valence-corrected chi connectivity index (χ0v) is 8.78. The Bertz CT molecular complexity index is 723. The van der Waals surface area contributed by atoms with Gasteiger partial charge in [0.05, 0.1) is 23.0 Å². The summed E-state index contributed by atoms with van der Waals surface area (Å²) >= 11 is 0. The van der Waals surface area contributed by atoms with Crippen LogP contribution in [0.4, 0.5) is 0 Å². The fourth-order valence-corrected chi connectivity index (χ4v) is 1.74. The van der Waals surface area contributed by atoms with Crippen LogP contribution in [0.2, 0.25) is 0 Å². The summed E-state index contributed by atoms with van der Waals surface area (Å²) in [7, 11) is 0. The molecule has 0 atom stereocenters. The van der Waals surface area contributed by atoms with Crippen molar-refractivity contribution in [3.8, 4) is 17.3 Å². The van der Waals surface area contributed by atoms with Gasteiger partial charge in [-0.25, -0.2) is 14.5 Å². The second-order valence-corrected chi connectivity index (χ2v) is 3.49. The summed E-state index contributed by atoms with van der Waals surface area (Å²) in [6.45, 7) is 0. The Balaban J connectivity index is 2.32. The molecule has 5 nitrogen and oxygen atoms in total. The highest BCUT2D eigenvalue weighted by Crippen LogP contribution is 2.24. The molecule has 0 fully saturated rings. The summed E-state index contributed by atoms with van der Waals surface area (Å²) < 4.78 is 1.75. The average Bonchev–Trinajstić information content (AvgIpc) is 2.82. The van der Waals surface area contributed by atoms with E-state index in [1.165, 1.54) is 12.5 Å². The number of rotatable bonds is 1. The number of aromatic nitrogens is 4. The van der Waals surface area contributed by atoms with E-state index in [-0.39, 0.29) is 0 Å². The van der Waals surface area contributed by atoms with Crippen molar-refractivity contribution >= 4 is 5.52 Å². The number of fused-ring (bicyclic) bond motifs is 1. The molecule has 0 aliphatic heterocycles. The van der Waals surface area contributed by atoms with Gasteiger partial charge in [-0.15, -0.1) is 0 Å². The molecule has 0 bridgehead atoms. The van der Waals surface area contributed by atoms with E-state index in [9.17, 15) is 0 Å². The maximum absolute atomic E-state index is 9.03. The van der Waals surface area contributed by atoms with Gasteiger partial charge in [-0.05, 0) is 12.1 Å². The van der Waals surface area contributed by atoms with Gasteiger partial charge in [0.2, 0.25) is 0 Å². The maximum Gasteiger partial charge on any atom is 0.116 e. The zero-order valence-electron chi connectivity index (χ0n) is 8.78. The van der Waals surface area contributed by atoms with Crippen molar-refractivity contribution in [2.24, 2.45) is 0 Å². The molecule has 0 amide bonds. The Morgan fingerprint density at radius 3 is 3.06 bits per heavy atom. The largest absolute Gasteiger partial charge is 0.243 e. The van der Waals surface area contributed by atoms with Crippen molar-refractivity contribution in [1.82, 2.24) is 19.6 Å². The molecule has 17 heavy (non-hydrogen) atoms. The predicted molar refractivity (Wildman–Crippen MR) is 60.9 cm³/mol. The zero-order chi connectivity index (χ0) is 11.7. The topological polar surface area (TPSA) is 66.9 Å². The van der Waals surface area contributed by atoms with Crippen LogP contribution < -0.4 is 0 Å². The van der Waals surface area contributed by atoms with Crippen LogP contribution in [0, 0.1) is 11.3 Å². The van der Waals surface area contributed by atoms with Gasteiger partial charge >= 0.3 is 0 Å². The molecular formula is C12H7N5. The lowest BCUT2D eigenvalue weighted by Crippen LogP contribution is -1.90. The van der Waals surface area contributed by atoms with Crippen molar-refractivity contribution in [3.63, 3.8) is 0 Å². The minimum absolute atomic E-state index is 0.450. The summed E-state index contributed by atoms with van der Waals surface area (Å²) in [5.41, 5.74) is 2.82. The summed E-state index contributed by atoms with van der Waals surface area (Å²) in [5.74, 6) is 0. The van der Waals surface area contributed by atoms with Gasteiger partial charge in [-0.3, -0.25) is 0 Å². The van der Waals surface area contributed by atoms with Gasteiger partial charge in [0.1, 0.15) is 12.4 Å². The second-order valence-electron chi connectivity index (χ2n) is 3.49. The Morgan fingerprint density at radius 2 is 2.18 bits per heavy atom. The third-order valence-corrected chi connectivity index (χ3v) is 2.51. The van der Waals surface area contributed by atoms with Gasteiger partial charge < -0.3 is 0 Å². The molecule has 3 rings (SSSR count). The Hall–Kier alpha value is -2.74. The Labute approximate surface area is 97.0 Å². The monoisotopic (exact) mass is 221 g/mol. The molecule has 0 saturated heterocycles. The molecule has 3 heterocycles. The molecule has 0 aliphatic carbocycles. The van der Waals surface area contributed by atoms with Crippen molar-refractivity contribution < 1.29 is 0 Å². The van der Waals surface area contributed by atoms with E-state index >= 15 is 0 Å². The summed E-state index contributed by atoms with van der Waals surface area (Å²) in [6, 6.07) is 7.84. The molecule has 0 saturated carbocycles. The molecule has 0 spiro atoms. The van der Waals surface area contributed by atoms with Gasteiger partial charge in [-0.1, -0.05) is 6.07 Å². The van der Waals surface area contributed by atoms with Crippen LogP contribution in [0.3, 0.4) is 0 Å². The number of hydrogen-bond donors (Lipinski definition) is 0. The average molecular weight is 221 g/mol. The lowest BCUT2D eigenvalue weighted by Gasteiger charge is -1.99. The first kappa shape index (κ1) is 9.48. The number of pyridine rings is 1. The highest BCUT2D eigenvalue weighted by Gasteiger charge is 2.11.